The fourth-order valence-corrected chi connectivity index (χ4v) is 1.18. The Morgan fingerprint density at radius 3 is 2.83 bits per heavy atom. The summed E-state index contributed by atoms with van der Waals surface area (Å²) in [7, 11) is 0. The summed E-state index contributed by atoms with van der Waals surface area (Å²) in [5.74, 6) is 0.454. The summed E-state index contributed by atoms with van der Waals surface area (Å²) < 4.78 is 10.3. The topological polar surface area (TPSA) is 39.4 Å². The normalized spacial score (nSPS) is 27.6. The van der Waals surface area contributed by atoms with Gasteiger partial charge < -0.3 is 9.15 Å². The van der Waals surface area contributed by atoms with Gasteiger partial charge in [0.05, 0.1) is 12.5 Å². The van der Waals surface area contributed by atoms with Crippen molar-refractivity contribution in [3.63, 3.8) is 0 Å². The molecular formula is C9H8O3. The first-order valence-corrected chi connectivity index (χ1v) is 3.66. The number of rotatable bonds is 1. The largest absolute Gasteiger partial charge is 0.479 e. The third-order valence-electron chi connectivity index (χ3n) is 1.98. The highest BCUT2D eigenvalue weighted by atomic mass is 16.5. The smallest absolute Gasteiger partial charge is 0.224 e. The van der Waals surface area contributed by atoms with E-state index < -0.39 is 5.60 Å². The molecule has 0 saturated heterocycles. The Kier molecular flexibility index (Phi) is 1.33. The second kappa shape index (κ2) is 2.24. The van der Waals surface area contributed by atoms with Gasteiger partial charge in [0, 0.05) is 6.08 Å². The first-order valence-electron chi connectivity index (χ1n) is 3.66. The molecule has 0 aliphatic carbocycles. The SMILES string of the molecule is CC1(c2ccco2)OC=CC1=O. The van der Waals surface area contributed by atoms with Crippen LogP contribution in [0, 0.1) is 0 Å². The van der Waals surface area contributed by atoms with Crippen LogP contribution in [-0.2, 0) is 15.1 Å². The predicted molar refractivity (Wildman–Crippen MR) is 41.3 cm³/mol. The highest BCUT2D eigenvalue weighted by molar-refractivity contribution is 5.98. The molecule has 0 radical (unpaired) electrons. The van der Waals surface area contributed by atoms with Gasteiger partial charge in [0.25, 0.3) is 0 Å². The molecule has 1 unspecified atom stereocenters. The van der Waals surface area contributed by atoms with Crippen LogP contribution in [0.5, 0.6) is 0 Å². The number of furan rings is 1. The van der Waals surface area contributed by atoms with Crippen molar-refractivity contribution in [2.24, 2.45) is 0 Å². The first kappa shape index (κ1) is 7.16. The molecule has 12 heavy (non-hydrogen) atoms. The van der Waals surface area contributed by atoms with Gasteiger partial charge in [0.2, 0.25) is 11.4 Å². The van der Waals surface area contributed by atoms with E-state index in [1.54, 1.807) is 19.1 Å². The van der Waals surface area contributed by atoms with Crippen LogP contribution < -0.4 is 0 Å². The molecule has 2 heterocycles. The van der Waals surface area contributed by atoms with Crippen molar-refractivity contribution in [2.75, 3.05) is 0 Å². The van der Waals surface area contributed by atoms with E-state index in [2.05, 4.69) is 0 Å². The molecule has 0 amide bonds. The van der Waals surface area contributed by atoms with Crippen LogP contribution in [0.4, 0.5) is 0 Å². The molecule has 3 heteroatoms. The Morgan fingerprint density at radius 1 is 1.50 bits per heavy atom. The molecule has 62 valence electrons. The van der Waals surface area contributed by atoms with Gasteiger partial charge in [-0.3, -0.25) is 4.79 Å². The maximum absolute atomic E-state index is 11.3. The van der Waals surface area contributed by atoms with Gasteiger partial charge in [-0.1, -0.05) is 0 Å². The molecule has 1 aliphatic rings. The molecule has 1 aromatic heterocycles. The molecule has 0 saturated carbocycles. The van der Waals surface area contributed by atoms with E-state index in [0.29, 0.717) is 5.76 Å². The molecule has 0 N–H and O–H groups in total. The molecule has 0 fully saturated rings. The molecular weight excluding hydrogens is 156 g/mol. The third-order valence-corrected chi connectivity index (χ3v) is 1.98. The van der Waals surface area contributed by atoms with Gasteiger partial charge in [-0.05, 0) is 19.1 Å². The minimum absolute atomic E-state index is 0.0857. The van der Waals surface area contributed by atoms with Crippen molar-refractivity contribution in [3.05, 3.63) is 36.5 Å². The van der Waals surface area contributed by atoms with Crippen molar-refractivity contribution in [3.8, 4) is 0 Å². The van der Waals surface area contributed by atoms with Crippen molar-refractivity contribution in [1.29, 1.82) is 0 Å². The van der Waals surface area contributed by atoms with Crippen molar-refractivity contribution >= 4 is 5.78 Å². The number of carbonyl (C=O) groups excluding carboxylic acids is 1. The zero-order valence-corrected chi connectivity index (χ0v) is 6.61. The highest BCUT2D eigenvalue weighted by Gasteiger charge is 2.40. The van der Waals surface area contributed by atoms with E-state index >= 15 is 0 Å². The number of hydrogen-bond donors (Lipinski definition) is 0. The first-order chi connectivity index (χ1) is 5.73. The lowest BCUT2D eigenvalue weighted by Gasteiger charge is -2.18. The summed E-state index contributed by atoms with van der Waals surface area (Å²) >= 11 is 0. The maximum Gasteiger partial charge on any atom is 0.224 e. The van der Waals surface area contributed by atoms with Crippen LogP contribution >= 0.6 is 0 Å². The van der Waals surface area contributed by atoms with E-state index in [4.69, 9.17) is 9.15 Å². The molecule has 0 aromatic carbocycles. The van der Waals surface area contributed by atoms with Crippen LogP contribution in [0.25, 0.3) is 0 Å². The monoisotopic (exact) mass is 164 g/mol. The Hall–Kier alpha value is -1.51. The fraction of sp³-hybridized carbons (Fsp3) is 0.222. The van der Waals surface area contributed by atoms with E-state index in [1.165, 1.54) is 18.6 Å². The second-order valence-corrected chi connectivity index (χ2v) is 2.80. The van der Waals surface area contributed by atoms with Crippen molar-refractivity contribution in [1.82, 2.24) is 0 Å². The molecule has 1 atom stereocenters. The summed E-state index contributed by atoms with van der Waals surface area (Å²) in [6.07, 6.45) is 4.32. The minimum Gasteiger partial charge on any atom is -0.479 e. The van der Waals surface area contributed by atoms with Crippen LogP contribution in [0.1, 0.15) is 12.7 Å². The number of ether oxygens (including phenoxy) is 1. The van der Waals surface area contributed by atoms with E-state index in [0.717, 1.165) is 0 Å². The lowest BCUT2D eigenvalue weighted by atomic mass is 9.99. The standard InChI is InChI=1S/C9H8O3/c1-9(7(10)4-6-12-9)8-3-2-5-11-8/h2-6H,1H3. The lowest BCUT2D eigenvalue weighted by molar-refractivity contribution is -0.130. The Bertz CT molecular complexity index is 324. The van der Waals surface area contributed by atoms with Crippen LogP contribution in [0.3, 0.4) is 0 Å². The average Bonchev–Trinajstić information content (AvgIpc) is 2.62. The third kappa shape index (κ3) is 0.794. The Balaban J connectivity index is 2.41. The van der Waals surface area contributed by atoms with Crippen LogP contribution in [-0.4, -0.2) is 5.78 Å². The summed E-state index contributed by atoms with van der Waals surface area (Å²) in [5.41, 5.74) is -0.941. The molecule has 0 bridgehead atoms. The highest BCUT2D eigenvalue weighted by Crippen LogP contribution is 2.31. The number of hydrogen-bond acceptors (Lipinski definition) is 3. The lowest BCUT2D eigenvalue weighted by Crippen LogP contribution is -2.28. The van der Waals surface area contributed by atoms with Gasteiger partial charge in [-0.2, -0.15) is 0 Å². The average molecular weight is 164 g/mol. The molecule has 1 aromatic rings. The fourth-order valence-electron chi connectivity index (χ4n) is 1.18. The second-order valence-electron chi connectivity index (χ2n) is 2.80. The molecule has 3 nitrogen and oxygen atoms in total. The van der Waals surface area contributed by atoms with E-state index in [1.807, 2.05) is 0 Å². The van der Waals surface area contributed by atoms with Gasteiger partial charge in [0.1, 0.15) is 0 Å². The quantitative estimate of drug-likeness (QED) is 0.633. The van der Waals surface area contributed by atoms with Crippen molar-refractivity contribution < 1.29 is 13.9 Å². The summed E-state index contributed by atoms with van der Waals surface area (Å²) in [4.78, 5) is 11.3. The molecule has 0 spiro atoms. The Morgan fingerprint density at radius 2 is 2.33 bits per heavy atom. The van der Waals surface area contributed by atoms with E-state index in [9.17, 15) is 4.79 Å². The van der Waals surface area contributed by atoms with Gasteiger partial charge in [0.15, 0.2) is 5.76 Å². The van der Waals surface area contributed by atoms with Gasteiger partial charge in [-0.15, -0.1) is 0 Å². The predicted octanol–water partition coefficient (Wildman–Crippen LogP) is 1.61. The Labute approximate surface area is 69.6 Å². The summed E-state index contributed by atoms with van der Waals surface area (Å²) in [5, 5.41) is 0. The molecule has 2 rings (SSSR count). The van der Waals surface area contributed by atoms with Crippen molar-refractivity contribution in [2.45, 2.75) is 12.5 Å². The van der Waals surface area contributed by atoms with Gasteiger partial charge >= 0.3 is 0 Å². The summed E-state index contributed by atoms with van der Waals surface area (Å²) in [6, 6.07) is 3.46. The zero-order valence-electron chi connectivity index (χ0n) is 6.61. The van der Waals surface area contributed by atoms with Crippen LogP contribution in [0.15, 0.2) is 35.2 Å². The molecule has 1 aliphatic heterocycles. The minimum atomic E-state index is -0.941. The summed E-state index contributed by atoms with van der Waals surface area (Å²) in [6.45, 7) is 1.69. The van der Waals surface area contributed by atoms with Gasteiger partial charge in [-0.25, -0.2) is 0 Å². The number of carbonyl (C=O) groups is 1. The zero-order chi connectivity index (χ0) is 8.60. The maximum atomic E-state index is 11.3. The van der Waals surface area contributed by atoms with E-state index in [-0.39, 0.29) is 5.78 Å². The number of ketones is 1. The van der Waals surface area contributed by atoms with Crippen LogP contribution in [0.2, 0.25) is 0 Å².